The number of hydrogen-bond acceptors (Lipinski definition) is 5. The lowest BCUT2D eigenvalue weighted by Gasteiger charge is -2.15. The molecule has 1 aromatic carbocycles. The highest BCUT2D eigenvalue weighted by Crippen LogP contribution is 2.22. The predicted molar refractivity (Wildman–Crippen MR) is 70.5 cm³/mol. The number of sulfone groups is 1. The average Bonchev–Trinajstić information content (AvgIpc) is 2.75. The number of ether oxygens (including phenoxy) is 1. The van der Waals surface area contributed by atoms with Crippen LogP contribution in [0.25, 0.3) is 0 Å². The van der Waals surface area contributed by atoms with Crippen molar-refractivity contribution in [2.24, 2.45) is 11.7 Å². The van der Waals surface area contributed by atoms with Crippen LogP contribution in [0, 0.1) is 5.92 Å². The molecule has 104 valence electrons. The minimum Gasteiger partial charge on any atom is -0.379 e. The van der Waals surface area contributed by atoms with Gasteiger partial charge in [0.05, 0.1) is 29.7 Å². The van der Waals surface area contributed by atoms with Gasteiger partial charge in [-0.15, -0.1) is 0 Å². The average molecular weight is 284 g/mol. The molecule has 7 heteroatoms. The van der Waals surface area contributed by atoms with Gasteiger partial charge in [0.25, 0.3) is 0 Å². The molecule has 0 spiro atoms. The molecule has 2 rings (SSSR count). The topological polar surface area (TPSA) is 98.5 Å². The van der Waals surface area contributed by atoms with Crippen molar-refractivity contribution >= 4 is 21.4 Å². The predicted octanol–water partition coefficient (Wildman–Crippen LogP) is 0.00230. The summed E-state index contributed by atoms with van der Waals surface area (Å²) in [5, 5.41) is 2.61. The van der Waals surface area contributed by atoms with Crippen molar-refractivity contribution in [2.75, 3.05) is 24.8 Å². The molecule has 2 unspecified atom stereocenters. The van der Waals surface area contributed by atoms with Crippen LogP contribution < -0.4 is 11.1 Å². The van der Waals surface area contributed by atoms with Crippen LogP contribution in [0.2, 0.25) is 0 Å². The highest BCUT2D eigenvalue weighted by molar-refractivity contribution is 7.90. The summed E-state index contributed by atoms with van der Waals surface area (Å²) in [5.41, 5.74) is 6.03. The summed E-state index contributed by atoms with van der Waals surface area (Å²) in [5.74, 6) is -0.770. The third kappa shape index (κ3) is 3.12. The molecule has 6 nitrogen and oxygen atoms in total. The van der Waals surface area contributed by atoms with Gasteiger partial charge >= 0.3 is 0 Å². The van der Waals surface area contributed by atoms with E-state index in [1.165, 1.54) is 6.07 Å². The number of hydrogen-bond donors (Lipinski definition) is 2. The van der Waals surface area contributed by atoms with Gasteiger partial charge in [0.15, 0.2) is 9.84 Å². The van der Waals surface area contributed by atoms with Gasteiger partial charge < -0.3 is 15.8 Å². The van der Waals surface area contributed by atoms with Crippen LogP contribution in [0.1, 0.15) is 0 Å². The van der Waals surface area contributed by atoms with Gasteiger partial charge in [-0.2, -0.15) is 0 Å². The number of amides is 1. The fourth-order valence-corrected chi connectivity index (χ4v) is 2.80. The van der Waals surface area contributed by atoms with Gasteiger partial charge in [0.2, 0.25) is 5.91 Å². The summed E-state index contributed by atoms with van der Waals surface area (Å²) in [6.07, 6.45) is 1.10. The van der Waals surface area contributed by atoms with E-state index in [9.17, 15) is 13.2 Å². The first-order chi connectivity index (χ1) is 8.89. The lowest BCUT2D eigenvalue weighted by molar-refractivity contribution is -0.120. The van der Waals surface area contributed by atoms with Crippen molar-refractivity contribution in [1.29, 1.82) is 0 Å². The van der Waals surface area contributed by atoms with Gasteiger partial charge in [-0.25, -0.2) is 8.42 Å². The van der Waals surface area contributed by atoms with E-state index in [1.807, 2.05) is 0 Å². The fourth-order valence-electron chi connectivity index (χ4n) is 1.96. The Morgan fingerprint density at radius 2 is 2.05 bits per heavy atom. The summed E-state index contributed by atoms with van der Waals surface area (Å²) in [6, 6.07) is 5.92. The van der Waals surface area contributed by atoms with Crippen molar-refractivity contribution in [1.82, 2.24) is 0 Å². The normalized spacial score (nSPS) is 23.3. The summed E-state index contributed by atoms with van der Waals surface area (Å²) < 4.78 is 28.4. The van der Waals surface area contributed by atoms with Crippen LogP contribution in [-0.2, 0) is 19.4 Å². The summed E-state index contributed by atoms with van der Waals surface area (Å²) >= 11 is 0. The van der Waals surface area contributed by atoms with E-state index in [1.54, 1.807) is 18.2 Å². The SMILES string of the molecule is CS(=O)(=O)c1ccccc1NC(=O)C1COCC1N. The molecule has 1 fully saturated rings. The lowest BCUT2D eigenvalue weighted by atomic mass is 10.0. The van der Waals surface area contributed by atoms with Crippen LogP contribution in [0.4, 0.5) is 5.69 Å². The van der Waals surface area contributed by atoms with Gasteiger partial charge in [0.1, 0.15) is 0 Å². The Morgan fingerprint density at radius 3 is 2.63 bits per heavy atom. The van der Waals surface area contributed by atoms with Crippen LogP contribution >= 0.6 is 0 Å². The van der Waals surface area contributed by atoms with Crippen molar-refractivity contribution in [3.63, 3.8) is 0 Å². The van der Waals surface area contributed by atoms with Gasteiger partial charge in [-0.3, -0.25) is 4.79 Å². The lowest BCUT2D eigenvalue weighted by Crippen LogP contribution is -2.37. The fraction of sp³-hybridized carbons (Fsp3) is 0.417. The molecule has 1 aliphatic heterocycles. The van der Waals surface area contributed by atoms with Gasteiger partial charge in [0, 0.05) is 12.3 Å². The van der Waals surface area contributed by atoms with Crippen molar-refractivity contribution in [3.8, 4) is 0 Å². The molecule has 0 saturated carbocycles. The van der Waals surface area contributed by atoms with Crippen LogP contribution in [0.3, 0.4) is 0 Å². The second-order valence-electron chi connectivity index (χ2n) is 4.57. The smallest absolute Gasteiger partial charge is 0.231 e. The Balaban J connectivity index is 2.22. The highest BCUT2D eigenvalue weighted by atomic mass is 32.2. The maximum Gasteiger partial charge on any atom is 0.231 e. The van der Waals surface area contributed by atoms with Gasteiger partial charge in [-0.1, -0.05) is 12.1 Å². The molecule has 1 amide bonds. The standard InChI is InChI=1S/C12H16N2O4S/c1-19(16,17)11-5-3-2-4-10(11)14-12(15)8-6-18-7-9(8)13/h2-5,8-9H,6-7,13H2,1H3,(H,14,15). The Kier molecular flexibility index (Phi) is 3.88. The molecule has 1 aromatic rings. The number of benzene rings is 1. The number of anilines is 1. The van der Waals surface area contributed by atoms with E-state index in [4.69, 9.17) is 10.5 Å². The first-order valence-corrected chi connectivity index (χ1v) is 7.72. The second kappa shape index (κ2) is 5.28. The van der Waals surface area contributed by atoms with E-state index in [0.717, 1.165) is 6.26 Å². The number of nitrogens with two attached hydrogens (primary N) is 1. The van der Waals surface area contributed by atoms with E-state index in [2.05, 4.69) is 5.32 Å². The third-order valence-corrected chi connectivity index (χ3v) is 4.16. The minimum absolute atomic E-state index is 0.0934. The molecule has 19 heavy (non-hydrogen) atoms. The van der Waals surface area contributed by atoms with Crippen LogP contribution in [-0.4, -0.2) is 39.8 Å². The second-order valence-corrected chi connectivity index (χ2v) is 6.55. The Bertz CT molecular complexity index is 585. The number of para-hydroxylation sites is 1. The quantitative estimate of drug-likeness (QED) is 0.814. The van der Waals surface area contributed by atoms with Crippen LogP contribution in [0.5, 0.6) is 0 Å². The van der Waals surface area contributed by atoms with Crippen molar-refractivity contribution in [3.05, 3.63) is 24.3 Å². The first-order valence-electron chi connectivity index (χ1n) is 5.83. The number of rotatable bonds is 3. The van der Waals surface area contributed by atoms with E-state index in [-0.39, 0.29) is 29.1 Å². The number of carbonyl (C=O) groups is 1. The highest BCUT2D eigenvalue weighted by Gasteiger charge is 2.31. The van der Waals surface area contributed by atoms with E-state index < -0.39 is 15.8 Å². The molecule has 1 saturated heterocycles. The van der Waals surface area contributed by atoms with Crippen molar-refractivity contribution < 1.29 is 17.9 Å². The first kappa shape index (κ1) is 14.0. The maximum absolute atomic E-state index is 12.0. The Hall–Kier alpha value is -1.44. The number of nitrogens with one attached hydrogen (secondary N) is 1. The Labute approximate surface area is 111 Å². The molecule has 0 aromatic heterocycles. The molecule has 1 heterocycles. The molecule has 0 radical (unpaired) electrons. The molecule has 1 aliphatic rings. The zero-order valence-electron chi connectivity index (χ0n) is 10.5. The Morgan fingerprint density at radius 1 is 1.37 bits per heavy atom. The maximum atomic E-state index is 12.0. The zero-order valence-corrected chi connectivity index (χ0v) is 11.3. The molecule has 0 aliphatic carbocycles. The molecule has 0 bridgehead atoms. The zero-order chi connectivity index (χ0) is 14.0. The number of carbonyl (C=O) groups excluding carboxylic acids is 1. The summed E-state index contributed by atoms with van der Waals surface area (Å²) in [6.45, 7) is 0.597. The molecule has 3 N–H and O–H groups in total. The molecular weight excluding hydrogens is 268 g/mol. The largest absolute Gasteiger partial charge is 0.379 e. The van der Waals surface area contributed by atoms with E-state index >= 15 is 0 Å². The summed E-state index contributed by atoms with van der Waals surface area (Å²) in [7, 11) is -3.39. The molecule has 2 atom stereocenters. The summed E-state index contributed by atoms with van der Waals surface area (Å²) in [4.78, 5) is 12.1. The van der Waals surface area contributed by atoms with Crippen molar-refractivity contribution in [2.45, 2.75) is 10.9 Å². The minimum atomic E-state index is -3.39. The van der Waals surface area contributed by atoms with Gasteiger partial charge in [-0.05, 0) is 12.1 Å². The van der Waals surface area contributed by atoms with Crippen LogP contribution in [0.15, 0.2) is 29.2 Å². The van der Waals surface area contributed by atoms with E-state index in [0.29, 0.717) is 6.61 Å². The third-order valence-electron chi connectivity index (χ3n) is 3.01. The monoisotopic (exact) mass is 284 g/mol. The molecular formula is C12H16N2O4S.